The highest BCUT2D eigenvalue weighted by atomic mass is 31.2. The van der Waals surface area contributed by atoms with Gasteiger partial charge in [0.05, 0.1) is 20.3 Å². The van der Waals surface area contributed by atoms with Crippen LogP contribution in [-0.2, 0) is 28.4 Å². The third kappa shape index (κ3) is 8.27. The standard InChI is InChI=1S/C19H28NO8P/c1-13(2)27-19(22)14(3)20-29(23,12-24-4)28-16-9-7-15(11-17(16)25-5)8-10-18(21)26-6/h7-11,13-14H,12H2,1-6H3,(H,20,23)/b10-8+/t14-,29?/m0/s1. The summed E-state index contributed by atoms with van der Waals surface area (Å²) < 4.78 is 38.8. The second-order valence-electron chi connectivity index (χ2n) is 6.29. The summed E-state index contributed by atoms with van der Waals surface area (Å²) in [6.07, 6.45) is 2.21. The Morgan fingerprint density at radius 3 is 2.38 bits per heavy atom. The van der Waals surface area contributed by atoms with Gasteiger partial charge in [0.2, 0.25) is 0 Å². The first-order chi connectivity index (χ1) is 13.6. The Bertz CT molecular complexity index is 777. The highest BCUT2D eigenvalue weighted by molar-refractivity contribution is 7.57. The third-order valence-corrected chi connectivity index (χ3v) is 5.31. The summed E-state index contributed by atoms with van der Waals surface area (Å²) in [4.78, 5) is 23.3. The maximum Gasteiger partial charge on any atom is 0.342 e. The predicted molar refractivity (Wildman–Crippen MR) is 108 cm³/mol. The molecule has 0 aliphatic carbocycles. The molecule has 9 nitrogen and oxygen atoms in total. The van der Waals surface area contributed by atoms with Crippen molar-refractivity contribution in [1.82, 2.24) is 5.09 Å². The average molecular weight is 429 g/mol. The summed E-state index contributed by atoms with van der Waals surface area (Å²) in [6, 6.07) is 3.90. The minimum Gasteiger partial charge on any atom is -0.493 e. The Balaban J connectivity index is 3.05. The van der Waals surface area contributed by atoms with Crippen molar-refractivity contribution in [2.45, 2.75) is 32.9 Å². The van der Waals surface area contributed by atoms with Crippen molar-refractivity contribution in [3.63, 3.8) is 0 Å². The SMILES string of the molecule is COCP(=O)(N[C@@H](C)C(=O)OC(C)C)Oc1ccc(/C=C/C(=O)OC)cc1OC. The molecule has 0 saturated heterocycles. The van der Waals surface area contributed by atoms with E-state index in [1.54, 1.807) is 26.0 Å². The zero-order valence-electron chi connectivity index (χ0n) is 17.5. The molecule has 10 heteroatoms. The summed E-state index contributed by atoms with van der Waals surface area (Å²) in [5.41, 5.74) is 0.642. The van der Waals surface area contributed by atoms with Gasteiger partial charge in [0.1, 0.15) is 12.4 Å². The fourth-order valence-corrected chi connectivity index (χ4v) is 3.88. The van der Waals surface area contributed by atoms with Gasteiger partial charge in [-0.2, -0.15) is 0 Å². The van der Waals surface area contributed by atoms with Crippen molar-refractivity contribution >= 4 is 25.5 Å². The number of hydrogen-bond acceptors (Lipinski definition) is 8. The van der Waals surface area contributed by atoms with E-state index in [-0.39, 0.29) is 24.0 Å². The van der Waals surface area contributed by atoms with Crippen LogP contribution in [0.1, 0.15) is 26.3 Å². The summed E-state index contributed by atoms with van der Waals surface area (Å²) in [5.74, 6) is -0.594. The van der Waals surface area contributed by atoms with Crippen LogP contribution in [0.4, 0.5) is 0 Å². The Morgan fingerprint density at radius 2 is 1.83 bits per heavy atom. The van der Waals surface area contributed by atoms with E-state index in [2.05, 4.69) is 9.82 Å². The number of carbonyl (C=O) groups excluding carboxylic acids is 2. The van der Waals surface area contributed by atoms with Crippen molar-refractivity contribution in [2.24, 2.45) is 0 Å². The van der Waals surface area contributed by atoms with Gasteiger partial charge in [0.25, 0.3) is 0 Å². The molecule has 1 aromatic rings. The lowest BCUT2D eigenvalue weighted by molar-refractivity contribution is -0.149. The van der Waals surface area contributed by atoms with Crippen molar-refractivity contribution < 1.29 is 37.6 Å². The molecule has 1 N–H and O–H groups in total. The molecule has 0 amide bonds. The molecule has 2 atom stereocenters. The smallest absolute Gasteiger partial charge is 0.342 e. The molecule has 0 aromatic heterocycles. The third-order valence-electron chi connectivity index (χ3n) is 3.44. The van der Waals surface area contributed by atoms with Crippen LogP contribution in [0, 0.1) is 0 Å². The first-order valence-corrected chi connectivity index (χ1v) is 10.6. The molecule has 0 radical (unpaired) electrons. The van der Waals surface area contributed by atoms with E-state index in [9.17, 15) is 14.2 Å². The number of esters is 2. The molecule has 0 fully saturated rings. The van der Waals surface area contributed by atoms with Gasteiger partial charge in [-0.05, 0) is 44.5 Å². The van der Waals surface area contributed by atoms with Crippen LogP contribution in [0.3, 0.4) is 0 Å². The van der Waals surface area contributed by atoms with Gasteiger partial charge >= 0.3 is 19.5 Å². The highest BCUT2D eigenvalue weighted by Crippen LogP contribution is 2.46. The molecular formula is C19H28NO8P. The molecule has 1 unspecified atom stereocenters. The molecule has 0 heterocycles. The van der Waals surface area contributed by atoms with Crippen LogP contribution in [-0.4, -0.2) is 51.8 Å². The first-order valence-electron chi connectivity index (χ1n) is 8.84. The molecule has 162 valence electrons. The minimum absolute atomic E-state index is 0.181. The number of methoxy groups -OCH3 is 3. The van der Waals surface area contributed by atoms with Crippen molar-refractivity contribution in [1.29, 1.82) is 0 Å². The molecular weight excluding hydrogens is 401 g/mol. The van der Waals surface area contributed by atoms with E-state index in [1.165, 1.54) is 46.5 Å². The minimum atomic E-state index is -3.63. The van der Waals surface area contributed by atoms with Crippen LogP contribution in [0.2, 0.25) is 0 Å². The van der Waals surface area contributed by atoms with E-state index in [4.69, 9.17) is 18.7 Å². The number of benzene rings is 1. The number of hydrogen-bond donors (Lipinski definition) is 1. The van der Waals surface area contributed by atoms with E-state index in [0.29, 0.717) is 5.56 Å². The van der Waals surface area contributed by atoms with Crippen molar-refractivity contribution in [3.8, 4) is 11.5 Å². The maximum absolute atomic E-state index is 13.2. The van der Waals surface area contributed by atoms with Crippen LogP contribution in [0.5, 0.6) is 11.5 Å². The number of nitrogens with one attached hydrogen (secondary N) is 1. The van der Waals surface area contributed by atoms with Crippen molar-refractivity contribution in [2.75, 3.05) is 27.7 Å². The van der Waals surface area contributed by atoms with Crippen LogP contribution in [0.15, 0.2) is 24.3 Å². The van der Waals surface area contributed by atoms with E-state index in [1.807, 2.05) is 0 Å². The Labute approximate surface area is 170 Å². The van der Waals surface area contributed by atoms with Crippen LogP contribution >= 0.6 is 7.52 Å². The molecule has 0 aliphatic heterocycles. The second kappa shape index (κ2) is 11.6. The normalized spacial score (nSPS) is 14.3. The van der Waals surface area contributed by atoms with Crippen LogP contribution in [0.25, 0.3) is 6.08 Å². The zero-order valence-corrected chi connectivity index (χ0v) is 18.4. The molecule has 1 aromatic carbocycles. The van der Waals surface area contributed by atoms with Gasteiger partial charge in [-0.1, -0.05) is 6.07 Å². The Kier molecular flexibility index (Phi) is 9.88. The molecule has 0 saturated carbocycles. The van der Waals surface area contributed by atoms with Gasteiger partial charge in [-0.3, -0.25) is 9.36 Å². The van der Waals surface area contributed by atoms with Gasteiger partial charge in [0.15, 0.2) is 11.5 Å². The van der Waals surface area contributed by atoms with E-state index >= 15 is 0 Å². The molecule has 1 rings (SSSR count). The summed E-state index contributed by atoms with van der Waals surface area (Å²) >= 11 is 0. The molecule has 29 heavy (non-hydrogen) atoms. The lowest BCUT2D eigenvalue weighted by Gasteiger charge is -2.24. The summed E-state index contributed by atoms with van der Waals surface area (Å²) in [6.45, 7) is 4.96. The lowest BCUT2D eigenvalue weighted by atomic mass is 10.2. The summed E-state index contributed by atoms with van der Waals surface area (Å²) in [5, 5.41) is 2.66. The predicted octanol–water partition coefficient (Wildman–Crippen LogP) is 2.99. The first kappa shape index (κ1) is 24.7. The van der Waals surface area contributed by atoms with Crippen LogP contribution < -0.4 is 14.3 Å². The van der Waals surface area contributed by atoms with Gasteiger partial charge in [-0.15, -0.1) is 0 Å². The lowest BCUT2D eigenvalue weighted by Crippen LogP contribution is -2.36. The molecule has 0 bridgehead atoms. The second-order valence-corrected chi connectivity index (χ2v) is 8.33. The largest absolute Gasteiger partial charge is 0.493 e. The van der Waals surface area contributed by atoms with Gasteiger partial charge in [-0.25, -0.2) is 9.88 Å². The topological polar surface area (TPSA) is 109 Å². The quantitative estimate of drug-likeness (QED) is 0.322. The van der Waals surface area contributed by atoms with Gasteiger partial charge in [0, 0.05) is 13.2 Å². The zero-order chi connectivity index (χ0) is 22.0. The summed E-state index contributed by atoms with van der Waals surface area (Å²) in [7, 11) is 0.441. The number of carbonyl (C=O) groups is 2. The average Bonchev–Trinajstić information content (AvgIpc) is 2.66. The fourth-order valence-electron chi connectivity index (χ4n) is 2.20. The highest BCUT2D eigenvalue weighted by Gasteiger charge is 2.31. The molecule has 0 spiro atoms. The Hall–Kier alpha value is -2.35. The van der Waals surface area contributed by atoms with Crippen molar-refractivity contribution in [3.05, 3.63) is 29.8 Å². The monoisotopic (exact) mass is 429 g/mol. The number of ether oxygens (including phenoxy) is 4. The van der Waals surface area contributed by atoms with E-state index < -0.39 is 25.5 Å². The fraction of sp³-hybridized carbons (Fsp3) is 0.474. The van der Waals surface area contributed by atoms with E-state index in [0.717, 1.165) is 0 Å². The molecule has 0 aliphatic rings. The number of rotatable bonds is 11. The Morgan fingerprint density at radius 1 is 1.14 bits per heavy atom. The maximum atomic E-state index is 13.2. The van der Waals surface area contributed by atoms with Gasteiger partial charge < -0.3 is 23.5 Å².